The average Bonchev–Trinajstić information content (AvgIpc) is 3.22. The molecule has 0 radical (unpaired) electrons. The summed E-state index contributed by atoms with van der Waals surface area (Å²) in [6, 6.07) is 19.7. The first-order chi connectivity index (χ1) is 13.8. The summed E-state index contributed by atoms with van der Waals surface area (Å²) in [5, 5.41) is 0.712. The van der Waals surface area contributed by atoms with Gasteiger partial charge in [0.1, 0.15) is 6.61 Å². The van der Waals surface area contributed by atoms with E-state index < -0.39 is 0 Å². The van der Waals surface area contributed by atoms with Gasteiger partial charge in [0.05, 0.1) is 0 Å². The fourth-order valence-electron chi connectivity index (χ4n) is 3.16. The maximum atomic E-state index is 13.3. The van der Waals surface area contributed by atoms with Crippen LogP contribution in [0.15, 0.2) is 83.3 Å². The van der Waals surface area contributed by atoms with Crippen molar-refractivity contribution in [2.24, 2.45) is 0 Å². The van der Waals surface area contributed by atoms with E-state index in [-0.39, 0.29) is 5.56 Å². The molecule has 0 unspecified atom stereocenters. The Hall–Kier alpha value is -2.99. The monoisotopic (exact) mass is 391 g/mol. The van der Waals surface area contributed by atoms with Crippen LogP contribution in [0.25, 0.3) is 0 Å². The fraction of sp³-hybridized carbons (Fsp3) is 0.182. The third-order valence-corrected chi connectivity index (χ3v) is 5.45. The number of thioether (sulfide) groups is 1. The van der Waals surface area contributed by atoms with Crippen molar-refractivity contribution in [3.63, 3.8) is 0 Å². The highest BCUT2D eigenvalue weighted by Crippen LogP contribution is 2.33. The number of hydrogen-bond acceptors (Lipinski definition) is 5. The van der Waals surface area contributed by atoms with E-state index in [1.165, 1.54) is 0 Å². The maximum Gasteiger partial charge on any atom is 0.282 e. The highest BCUT2D eigenvalue weighted by Gasteiger charge is 2.26. The first-order valence-electron chi connectivity index (χ1n) is 9.16. The molecule has 2 aromatic carbocycles. The lowest BCUT2D eigenvalue weighted by molar-refractivity contribution is 0.289. The SMILES string of the molecule is C=CCN(c1ccccc1)c1c(OCc2ccccc2)nc2n(c1=O)CCS2. The van der Waals surface area contributed by atoms with E-state index in [4.69, 9.17) is 4.74 Å². The second kappa shape index (κ2) is 8.35. The van der Waals surface area contributed by atoms with Gasteiger partial charge in [0.2, 0.25) is 5.88 Å². The molecular formula is C22H21N3O2S. The van der Waals surface area contributed by atoms with Gasteiger partial charge < -0.3 is 9.64 Å². The number of para-hydroxylation sites is 1. The topological polar surface area (TPSA) is 47.4 Å². The van der Waals surface area contributed by atoms with Gasteiger partial charge in [-0.1, -0.05) is 66.4 Å². The smallest absolute Gasteiger partial charge is 0.282 e. The molecule has 3 aromatic rings. The van der Waals surface area contributed by atoms with E-state index in [9.17, 15) is 4.79 Å². The zero-order valence-electron chi connectivity index (χ0n) is 15.5. The summed E-state index contributed by atoms with van der Waals surface area (Å²) >= 11 is 1.58. The zero-order chi connectivity index (χ0) is 19.3. The Morgan fingerprint density at radius 2 is 1.86 bits per heavy atom. The Labute approximate surface area is 168 Å². The molecule has 0 saturated heterocycles. The molecule has 0 bridgehead atoms. The summed E-state index contributed by atoms with van der Waals surface area (Å²) in [6.45, 7) is 5.36. The van der Waals surface area contributed by atoms with E-state index in [1.807, 2.05) is 65.6 Å². The van der Waals surface area contributed by atoms with Crippen molar-refractivity contribution in [3.8, 4) is 5.88 Å². The van der Waals surface area contributed by atoms with E-state index in [0.717, 1.165) is 17.0 Å². The molecule has 28 heavy (non-hydrogen) atoms. The van der Waals surface area contributed by atoms with Crippen LogP contribution in [0.1, 0.15) is 5.56 Å². The molecule has 4 rings (SSSR count). The Bertz CT molecular complexity index is 1020. The maximum absolute atomic E-state index is 13.3. The lowest BCUT2D eigenvalue weighted by Crippen LogP contribution is -2.31. The Morgan fingerprint density at radius 3 is 2.57 bits per heavy atom. The Balaban J connectivity index is 1.79. The van der Waals surface area contributed by atoms with Crippen molar-refractivity contribution < 1.29 is 4.74 Å². The van der Waals surface area contributed by atoms with Crippen LogP contribution in [0.3, 0.4) is 0 Å². The summed E-state index contributed by atoms with van der Waals surface area (Å²) < 4.78 is 7.79. The van der Waals surface area contributed by atoms with Gasteiger partial charge in [0.25, 0.3) is 5.56 Å². The summed E-state index contributed by atoms with van der Waals surface area (Å²) in [5.74, 6) is 1.21. The predicted octanol–water partition coefficient (Wildman–Crippen LogP) is 4.25. The van der Waals surface area contributed by atoms with Crippen LogP contribution in [0.4, 0.5) is 11.4 Å². The summed E-state index contributed by atoms with van der Waals surface area (Å²) in [7, 11) is 0. The zero-order valence-corrected chi connectivity index (χ0v) is 16.3. The lowest BCUT2D eigenvalue weighted by Gasteiger charge is -2.25. The minimum Gasteiger partial charge on any atom is -0.471 e. The standard InChI is InChI=1S/C22H21N3O2S/c1-2-13-24(18-11-7-4-8-12-18)19-20(27-16-17-9-5-3-6-10-17)23-22-25(21(19)26)14-15-28-22/h2-12H,1,13-16H2. The third-order valence-electron chi connectivity index (χ3n) is 4.49. The number of nitrogens with zero attached hydrogens (tertiary/aromatic N) is 3. The number of aromatic nitrogens is 2. The van der Waals surface area contributed by atoms with Crippen molar-refractivity contribution in [2.45, 2.75) is 18.3 Å². The van der Waals surface area contributed by atoms with Gasteiger partial charge in [-0.2, -0.15) is 4.98 Å². The van der Waals surface area contributed by atoms with Crippen LogP contribution < -0.4 is 15.2 Å². The van der Waals surface area contributed by atoms with Crippen molar-refractivity contribution in [1.82, 2.24) is 9.55 Å². The average molecular weight is 391 g/mol. The van der Waals surface area contributed by atoms with Gasteiger partial charge in [-0.05, 0) is 17.7 Å². The van der Waals surface area contributed by atoms with Crippen LogP contribution >= 0.6 is 11.8 Å². The third kappa shape index (κ3) is 3.68. The molecule has 142 valence electrons. The second-order valence-corrected chi connectivity index (χ2v) is 7.42. The summed E-state index contributed by atoms with van der Waals surface area (Å²) in [5.41, 5.74) is 2.30. The molecule has 0 fully saturated rings. The molecule has 0 aliphatic carbocycles. The van der Waals surface area contributed by atoms with Crippen LogP contribution in [-0.2, 0) is 13.2 Å². The minimum absolute atomic E-state index is 0.0798. The van der Waals surface area contributed by atoms with E-state index in [1.54, 1.807) is 22.4 Å². The predicted molar refractivity (Wildman–Crippen MR) is 114 cm³/mol. The van der Waals surface area contributed by atoms with Gasteiger partial charge in [-0.3, -0.25) is 9.36 Å². The van der Waals surface area contributed by atoms with E-state index >= 15 is 0 Å². The molecule has 0 spiro atoms. The van der Waals surface area contributed by atoms with Crippen molar-refractivity contribution in [3.05, 3.63) is 89.2 Å². The number of hydrogen-bond donors (Lipinski definition) is 0. The molecule has 0 N–H and O–H groups in total. The van der Waals surface area contributed by atoms with Crippen LogP contribution in [-0.4, -0.2) is 21.8 Å². The van der Waals surface area contributed by atoms with Gasteiger partial charge in [-0.15, -0.1) is 6.58 Å². The molecule has 1 aromatic heterocycles. The molecule has 6 heteroatoms. The van der Waals surface area contributed by atoms with Gasteiger partial charge in [0, 0.05) is 24.5 Å². The quantitative estimate of drug-likeness (QED) is 0.445. The van der Waals surface area contributed by atoms with E-state index in [2.05, 4.69) is 11.6 Å². The highest BCUT2D eigenvalue weighted by molar-refractivity contribution is 7.99. The molecule has 0 amide bonds. The van der Waals surface area contributed by atoms with Crippen LogP contribution in [0, 0.1) is 0 Å². The van der Waals surface area contributed by atoms with Gasteiger partial charge >= 0.3 is 0 Å². The summed E-state index contributed by atoms with van der Waals surface area (Å²) in [4.78, 5) is 19.9. The molecule has 1 aliphatic rings. The molecule has 5 nitrogen and oxygen atoms in total. The Kier molecular flexibility index (Phi) is 5.48. The first kappa shape index (κ1) is 18.4. The second-order valence-electron chi connectivity index (χ2n) is 6.36. The Morgan fingerprint density at radius 1 is 1.14 bits per heavy atom. The lowest BCUT2D eigenvalue weighted by atomic mass is 10.2. The van der Waals surface area contributed by atoms with E-state index in [0.29, 0.717) is 36.4 Å². The molecule has 2 heterocycles. The van der Waals surface area contributed by atoms with Crippen molar-refractivity contribution in [1.29, 1.82) is 0 Å². The number of fused-ring (bicyclic) bond motifs is 1. The van der Waals surface area contributed by atoms with Crippen molar-refractivity contribution >= 4 is 23.1 Å². The largest absolute Gasteiger partial charge is 0.471 e. The van der Waals surface area contributed by atoms with Crippen LogP contribution in [0.5, 0.6) is 5.88 Å². The highest BCUT2D eigenvalue weighted by atomic mass is 32.2. The van der Waals surface area contributed by atoms with Gasteiger partial charge in [-0.25, -0.2) is 0 Å². The molecule has 1 aliphatic heterocycles. The number of anilines is 2. The minimum atomic E-state index is -0.0798. The van der Waals surface area contributed by atoms with Crippen molar-refractivity contribution in [2.75, 3.05) is 17.2 Å². The summed E-state index contributed by atoms with van der Waals surface area (Å²) in [6.07, 6.45) is 1.78. The molecule has 0 saturated carbocycles. The van der Waals surface area contributed by atoms with Crippen LogP contribution in [0.2, 0.25) is 0 Å². The molecular weight excluding hydrogens is 370 g/mol. The number of rotatable bonds is 7. The fourth-order valence-corrected chi connectivity index (χ4v) is 4.10. The molecule has 0 atom stereocenters. The number of benzene rings is 2. The first-order valence-corrected chi connectivity index (χ1v) is 10.1. The van der Waals surface area contributed by atoms with Gasteiger partial charge in [0.15, 0.2) is 10.8 Å². The normalized spacial score (nSPS) is 12.4. The number of ether oxygens (including phenoxy) is 1.